The van der Waals surface area contributed by atoms with E-state index in [9.17, 15) is 9.18 Å². The zero-order chi connectivity index (χ0) is 25.9. The molecule has 1 amide bonds. The molecule has 1 aromatic carbocycles. The van der Waals surface area contributed by atoms with Gasteiger partial charge in [0.2, 0.25) is 0 Å². The number of halogens is 3. The van der Waals surface area contributed by atoms with Gasteiger partial charge in [0.1, 0.15) is 11.5 Å². The minimum atomic E-state index is -0.486. The number of rotatable bonds is 7. The molecule has 0 spiro atoms. The summed E-state index contributed by atoms with van der Waals surface area (Å²) in [5.41, 5.74) is 1.94. The SMILES string of the molecule is COc1ncc(Br)cc1OCC(=O)N1CCC(c2nc(C3=NOC(c4c(F)cccc4Br)C3)cs2)CC1. The van der Waals surface area contributed by atoms with Crippen molar-refractivity contribution in [2.75, 3.05) is 26.8 Å². The van der Waals surface area contributed by atoms with Crippen molar-refractivity contribution in [1.82, 2.24) is 14.9 Å². The second kappa shape index (κ2) is 11.4. The van der Waals surface area contributed by atoms with E-state index in [2.05, 4.69) is 42.0 Å². The summed E-state index contributed by atoms with van der Waals surface area (Å²) in [4.78, 5) is 29.0. The molecule has 2 aromatic heterocycles. The summed E-state index contributed by atoms with van der Waals surface area (Å²) < 4.78 is 26.6. The largest absolute Gasteiger partial charge is 0.478 e. The lowest BCUT2D eigenvalue weighted by Gasteiger charge is -2.31. The van der Waals surface area contributed by atoms with Gasteiger partial charge in [0.05, 0.1) is 17.8 Å². The van der Waals surface area contributed by atoms with E-state index in [0.717, 1.165) is 28.0 Å². The molecule has 1 saturated heterocycles. The van der Waals surface area contributed by atoms with E-state index >= 15 is 0 Å². The number of aromatic nitrogens is 2. The molecule has 1 unspecified atom stereocenters. The molecule has 1 atom stereocenters. The molecule has 0 bridgehead atoms. The lowest BCUT2D eigenvalue weighted by atomic mass is 9.97. The number of piperidine rings is 1. The average molecular weight is 654 g/mol. The van der Waals surface area contributed by atoms with Crippen LogP contribution in [0.15, 0.2) is 49.9 Å². The molecule has 12 heteroatoms. The molecule has 194 valence electrons. The summed E-state index contributed by atoms with van der Waals surface area (Å²) in [5.74, 6) is 0.604. The first kappa shape index (κ1) is 26.1. The summed E-state index contributed by atoms with van der Waals surface area (Å²) >= 11 is 8.34. The van der Waals surface area contributed by atoms with Gasteiger partial charge in [-0.1, -0.05) is 27.2 Å². The molecule has 37 heavy (non-hydrogen) atoms. The highest BCUT2D eigenvalue weighted by Crippen LogP contribution is 2.37. The number of hydrogen-bond acceptors (Lipinski definition) is 8. The molecular weight excluding hydrogens is 631 g/mol. The van der Waals surface area contributed by atoms with Crippen molar-refractivity contribution >= 4 is 54.8 Å². The third-order valence-electron chi connectivity index (χ3n) is 6.33. The number of thiazole rings is 1. The van der Waals surface area contributed by atoms with Crippen molar-refractivity contribution in [3.8, 4) is 11.6 Å². The second-order valence-electron chi connectivity index (χ2n) is 8.65. The zero-order valence-electron chi connectivity index (χ0n) is 19.8. The van der Waals surface area contributed by atoms with Crippen LogP contribution in [0.4, 0.5) is 4.39 Å². The van der Waals surface area contributed by atoms with Crippen molar-refractivity contribution in [3.05, 3.63) is 66.9 Å². The van der Waals surface area contributed by atoms with Crippen LogP contribution in [-0.4, -0.2) is 53.3 Å². The molecule has 2 aliphatic heterocycles. The maximum Gasteiger partial charge on any atom is 0.260 e. The maximum atomic E-state index is 14.3. The number of oxime groups is 1. The van der Waals surface area contributed by atoms with Crippen LogP contribution in [0, 0.1) is 5.82 Å². The topological polar surface area (TPSA) is 86.1 Å². The lowest BCUT2D eigenvalue weighted by molar-refractivity contribution is -0.134. The van der Waals surface area contributed by atoms with Crippen LogP contribution >= 0.6 is 43.2 Å². The number of carbonyl (C=O) groups excluding carboxylic acids is 1. The number of nitrogens with zero attached hydrogens (tertiary/aromatic N) is 4. The Morgan fingerprint density at radius 1 is 1.30 bits per heavy atom. The zero-order valence-corrected chi connectivity index (χ0v) is 23.8. The minimum absolute atomic E-state index is 0.0805. The number of ether oxygens (including phenoxy) is 2. The Hall–Kier alpha value is -2.57. The standard InChI is InChI=1S/C25H23Br2FN4O4S/c1-34-24-21(9-15(26)11-29-24)35-12-22(33)32-7-5-14(6-8-32)25-30-19(13-37-25)18-10-20(36-31-18)23-16(27)3-2-4-17(23)28/h2-4,9,11,13-14,20H,5-8,10,12H2,1H3. The van der Waals surface area contributed by atoms with E-state index in [4.69, 9.17) is 19.3 Å². The Morgan fingerprint density at radius 3 is 2.86 bits per heavy atom. The quantitative estimate of drug-likeness (QED) is 0.318. The van der Waals surface area contributed by atoms with Crippen LogP contribution in [0.25, 0.3) is 0 Å². The Balaban J connectivity index is 1.14. The molecule has 5 rings (SSSR count). The van der Waals surface area contributed by atoms with Crippen LogP contribution in [0.2, 0.25) is 0 Å². The number of carbonyl (C=O) groups is 1. The monoisotopic (exact) mass is 652 g/mol. The molecule has 3 aromatic rings. The van der Waals surface area contributed by atoms with Crippen molar-refractivity contribution in [3.63, 3.8) is 0 Å². The summed E-state index contributed by atoms with van der Waals surface area (Å²) in [7, 11) is 1.51. The first-order valence-electron chi connectivity index (χ1n) is 11.7. The number of likely N-dealkylation sites (tertiary alicyclic amines) is 1. The number of pyridine rings is 1. The van der Waals surface area contributed by atoms with E-state index in [-0.39, 0.29) is 24.2 Å². The fourth-order valence-corrected chi connectivity index (χ4v) is 6.29. The molecule has 0 radical (unpaired) electrons. The van der Waals surface area contributed by atoms with Crippen LogP contribution in [-0.2, 0) is 9.63 Å². The highest BCUT2D eigenvalue weighted by molar-refractivity contribution is 9.10. The van der Waals surface area contributed by atoms with Crippen molar-refractivity contribution in [2.24, 2.45) is 5.16 Å². The third-order valence-corrected chi connectivity index (χ3v) is 8.47. The molecule has 4 heterocycles. The van der Waals surface area contributed by atoms with E-state index in [0.29, 0.717) is 46.9 Å². The van der Waals surface area contributed by atoms with Crippen molar-refractivity contribution in [2.45, 2.75) is 31.3 Å². The second-order valence-corrected chi connectivity index (χ2v) is 11.3. The van der Waals surface area contributed by atoms with E-state index < -0.39 is 6.10 Å². The molecular formula is C25H23Br2FN4O4S. The molecule has 0 N–H and O–H groups in total. The van der Waals surface area contributed by atoms with Crippen molar-refractivity contribution < 1.29 is 23.5 Å². The smallest absolute Gasteiger partial charge is 0.260 e. The number of benzene rings is 1. The van der Waals surface area contributed by atoms with Gasteiger partial charge in [0.15, 0.2) is 18.5 Å². The van der Waals surface area contributed by atoms with Crippen LogP contribution in [0.1, 0.15) is 47.5 Å². The van der Waals surface area contributed by atoms with Gasteiger partial charge in [-0.15, -0.1) is 11.3 Å². The van der Waals surface area contributed by atoms with Gasteiger partial charge >= 0.3 is 0 Å². The van der Waals surface area contributed by atoms with Crippen molar-refractivity contribution in [1.29, 1.82) is 0 Å². The highest BCUT2D eigenvalue weighted by Gasteiger charge is 2.31. The summed E-state index contributed by atoms with van der Waals surface area (Å²) in [6.45, 7) is 1.17. The fourth-order valence-electron chi connectivity index (χ4n) is 4.38. The maximum absolute atomic E-state index is 14.3. The van der Waals surface area contributed by atoms with Gasteiger partial charge in [-0.25, -0.2) is 14.4 Å². The number of amides is 1. The van der Waals surface area contributed by atoms with E-state index in [1.807, 2.05) is 10.3 Å². The summed E-state index contributed by atoms with van der Waals surface area (Å²) in [5, 5.41) is 7.18. The van der Waals surface area contributed by atoms with E-state index in [1.54, 1.807) is 35.7 Å². The third kappa shape index (κ3) is 5.80. The number of hydrogen-bond donors (Lipinski definition) is 0. The molecule has 1 fully saturated rings. The normalized spacial score (nSPS) is 17.9. The van der Waals surface area contributed by atoms with Gasteiger partial charge < -0.3 is 19.2 Å². The van der Waals surface area contributed by atoms with Crippen LogP contribution < -0.4 is 9.47 Å². The van der Waals surface area contributed by atoms with Gasteiger partial charge in [-0.05, 0) is 40.9 Å². The Kier molecular flexibility index (Phi) is 8.06. The molecule has 2 aliphatic rings. The number of methoxy groups -OCH3 is 1. The van der Waals surface area contributed by atoms with Gasteiger partial charge in [-0.2, -0.15) is 0 Å². The molecule has 8 nitrogen and oxygen atoms in total. The minimum Gasteiger partial charge on any atom is -0.478 e. The Morgan fingerprint density at radius 2 is 2.11 bits per heavy atom. The summed E-state index contributed by atoms with van der Waals surface area (Å²) in [6, 6.07) is 6.58. The fraction of sp³-hybridized carbons (Fsp3) is 0.360. The first-order chi connectivity index (χ1) is 17.9. The Bertz CT molecular complexity index is 1310. The van der Waals surface area contributed by atoms with Gasteiger partial charge in [-0.3, -0.25) is 4.79 Å². The van der Waals surface area contributed by atoms with Gasteiger partial charge in [0.25, 0.3) is 11.8 Å². The molecule has 0 saturated carbocycles. The van der Waals surface area contributed by atoms with E-state index in [1.165, 1.54) is 13.2 Å². The highest BCUT2D eigenvalue weighted by atomic mass is 79.9. The van der Waals surface area contributed by atoms with Crippen LogP contribution in [0.3, 0.4) is 0 Å². The lowest BCUT2D eigenvalue weighted by Crippen LogP contribution is -2.40. The predicted octanol–water partition coefficient (Wildman–Crippen LogP) is 5.86. The average Bonchev–Trinajstić information content (AvgIpc) is 3.58. The van der Waals surface area contributed by atoms with Crippen LogP contribution in [0.5, 0.6) is 11.6 Å². The molecule has 0 aliphatic carbocycles. The Labute approximate surface area is 234 Å². The predicted molar refractivity (Wildman–Crippen MR) is 144 cm³/mol. The summed E-state index contributed by atoms with van der Waals surface area (Å²) in [6.07, 6.45) is 3.20. The first-order valence-corrected chi connectivity index (χ1v) is 14.1. The van der Waals surface area contributed by atoms with Gasteiger partial charge in [0, 0.05) is 57.6 Å².